The van der Waals surface area contributed by atoms with E-state index in [-0.39, 0.29) is 19.0 Å². The number of hydrogen-bond acceptors (Lipinski definition) is 1. The molecule has 0 saturated carbocycles. The number of amides is 1. The summed E-state index contributed by atoms with van der Waals surface area (Å²) in [5.41, 5.74) is 0.471. The minimum Gasteiger partial charge on any atom is -0.333 e. The number of rotatable bonds is 1. The number of hydrogen-bond donors (Lipinski definition) is 0. The molecule has 0 bridgehead atoms. The van der Waals surface area contributed by atoms with Crippen molar-refractivity contribution in [1.29, 1.82) is 0 Å². The fraction of sp³-hybridized carbons (Fsp3) is 0.364. The van der Waals surface area contributed by atoms with Gasteiger partial charge in [0.2, 0.25) is 0 Å². The smallest absolute Gasteiger partial charge is 0.254 e. The molecule has 0 aromatic heterocycles. The molecule has 0 N–H and O–H groups in total. The first kappa shape index (κ1) is 10.1. The second kappa shape index (κ2) is 3.96. The van der Waals surface area contributed by atoms with E-state index in [4.69, 9.17) is 0 Å². The van der Waals surface area contributed by atoms with Gasteiger partial charge in [0.15, 0.2) is 12.3 Å². The molecular formula is C11H11F2NO. The van der Waals surface area contributed by atoms with Crippen LogP contribution in [0.4, 0.5) is 8.78 Å². The number of nitrogens with zero attached hydrogens (tertiary/aromatic N) is 1. The van der Waals surface area contributed by atoms with Crippen LogP contribution >= 0.6 is 0 Å². The predicted octanol–water partition coefficient (Wildman–Crippen LogP) is 1.82. The van der Waals surface area contributed by atoms with Gasteiger partial charge >= 0.3 is 0 Å². The van der Waals surface area contributed by atoms with Crippen molar-refractivity contribution < 1.29 is 13.6 Å². The zero-order valence-electron chi connectivity index (χ0n) is 8.07. The Balaban J connectivity index is 2.10. The molecule has 0 aliphatic carbocycles. The summed E-state index contributed by atoms with van der Waals surface area (Å²) in [6.07, 6.45) is -3.09. The molecule has 1 aromatic carbocycles. The maximum Gasteiger partial charge on any atom is 0.254 e. The minimum absolute atomic E-state index is 0.144. The van der Waals surface area contributed by atoms with Crippen LogP contribution in [0.3, 0.4) is 0 Å². The van der Waals surface area contributed by atoms with E-state index in [1.807, 2.05) is 0 Å². The predicted molar refractivity (Wildman–Crippen MR) is 52.1 cm³/mol. The molecular weight excluding hydrogens is 200 g/mol. The molecule has 0 radical (unpaired) electrons. The van der Waals surface area contributed by atoms with Crippen LogP contribution in [-0.2, 0) is 0 Å². The number of alkyl halides is 2. The normalized spacial score (nSPS) is 25.6. The van der Waals surface area contributed by atoms with Gasteiger partial charge < -0.3 is 4.90 Å². The van der Waals surface area contributed by atoms with Gasteiger partial charge in [-0.25, -0.2) is 8.78 Å². The van der Waals surface area contributed by atoms with E-state index in [1.54, 1.807) is 30.3 Å². The van der Waals surface area contributed by atoms with Crippen LogP contribution in [0.2, 0.25) is 0 Å². The first-order valence-electron chi connectivity index (χ1n) is 4.81. The van der Waals surface area contributed by atoms with Crippen molar-refractivity contribution in [3.8, 4) is 0 Å². The summed E-state index contributed by atoms with van der Waals surface area (Å²) in [4.78, 5) is 12.9. The van der Waals surface area contributed by atoms with E-state index in [9.17, 15) is 13.6 Å². The van der Waals surface area contributed by atoms with E-state index >= 15 is 0 Å². The highest BCUT2D eigenvalue weighted by molar-refractivity contribution is 5.94. The molecule has 1 heterocycles. The number of benzene rings is 1. The average molecular weight is 211 g/mol. The Kier molecular flexibility index (Phi) is 2.66. The van der Waals surface area contributed by atoms with Gasteiger partial charge in [0.05, 0.1) is 13.1 Å². The zero-order chi connectivity index (χ0) is 10.8. The highest BCUT2D eigenvalue weighted by Gasteiger charge is 2.35. The fourth-order valence-electron chi connectivity index (χ4n) is 1.65. The molecule has 0 spiro atoms. The largest absolute Gasteiger partial charge is 0.333 e. The van der Waals surface area contributed by atoms with Crippen molar-refractivity contribution in [1.82, 2.24) is 4.90 Å². The SMILES string of the molecule is O=C(c1ccccc1)N1C[C@@H](F)[C@H](F)C1. The number of carbonyl (C=O) groups is 1. The average Bonchev–Trinajstić information content (AvgIpc) is 2.59. The monoisotopic (exact) mass is 211 g/mol. The maximum absolute atomic E-state index is 12.9. The van der Waals surface area contributed by atoms with Crippen LogP contribution in [0.15, 0.2) is 30.3 Å². The fourth-order valence-corrected chi connectivity index (χ4v) is 1.65. The van der Waals surface area contributed by atoms with Crippen LogP contribution in [0, 0.1) is 0 Å². The second-order valence-electron chi connectivity index (χ2n) is 3.61. The van der Waals surface area contributed by atoms with Gasteiger partial charge in [0, 0.05) is 5.56 Å². The number of carbonyl (C=O) groups excluding carboxylic acids is 1. The van der Waals surface area contributed by atoms with Crippen molar-refractivity contribution in [3.63, 3.8) is 0 Å². The van der Waals surface area contributed by atoms with E-state index in [1.165, 1.54) is 4.90 Å². The first-order valence-corrected chi connectivity index (χ1v) is 4.81. The third-order valence-electron chi connectivity index (χ3n) is 2.49. The highest BCUT2D eigenvalue weighted by atomic mass is 19.2. The Bertz CT molecular complexity index is 345. The summed E-state index contributed by atoms with van der Waals surface area (Å²) in [6, 6.07) is 8.52. The Morgan fingerprint density at radius 3 is 2.20 bits per heavy atom. The quantitative estimate of drug-likeness (QED) is 0.693. The molecule has 4 heteroatoms. The summed E-state index contributed by atoms with van der Waals surface area (Å²) in [7, 11) is 0. The van der Waals surface area contributed by atoms with Gasteiger partial charge in [-0.1, -0.05) is 18.2 Å². The van der Waals surface area contributed by atoms with E-state index in [0.29, 0.717) is 5.56 Å². The van der Waals surface area contributed by atoms with Gasteiger partial charge in [0.25, 0.3) is 5.91 Å². The van der Waals surface area contributed by atoms with E-state index in [0.717, 1.165) is 0 Å². The second-order valence-corrected chi connectivity index (χ2v) is 3.61. The highest BCUT2D eigenvalue weighted by Crippen LogP contribution is 2.18. The Labute approximate surface area is 86.5 Å². The van der Waals surface area contributed by atoms with Crippen molar-refractivity contribution in [2.75, 3.05) is 13.1 Å². The van der Waals surface area contributed by atoms with Gasteiger partial charge in [0.1, 0.15) is 0 Å². The zero-order valence-corrected chi connectivity index (χ0v) is 8.07. The molecule has 2 atom stereocenters. The lowest BCUT2D eigenvalue weighted by Gasteiger charge is -2.14. The molecule has 2 nitrogen and oxygen atoms in total. The molecule has 1 aliphatic rings. The lowest BCUT2D eigenvalue weighted by Crippen LogP contribution is -2.29. The Morgan fingerprint density at radius 1 is 1.13 bits per heavy atom. The van der Waals surface area contributed by atoms with Crippen molar-refractivity contribution in [2.45, 2.75) is 12.3 Å². The van der Waals surface area contributed by atoms with Crippen LogP contribution in [0.1, 0.15) is 10.4 Å². The molecule has 80 valence electrons. The summed E-state index contributed by atoms with van der Waals surface area (Å²) in [5, 5.41) is 0. The van der Waals surface area contributed by atoms with Crippen LogP contribution in [0.25, 0.3) is 0 Å². The van der Waals surface area contributed by atoms with Gasteiger partial charge in [-0.05, 0) is 12.1 Å². The molecule has 1 amide bonds. The Hall–Kier alpha value is -1.45. The summed E-state index contributed by atoms with van der Waals surface area (Å²) < 4.78 is 25.7. The van der Waals surface area contributed by atoms with Crippen molar-refractivity contribution in [3.05, 3.63) is 35.9 Å². The first-order chi connectivity index (χ1) is 7.18. The topological polar surface area (TPSA) is 20.3 Å². The molecule has 1 aliphatic heterocycles. The van der Waals surface area contributed by atoms with E-state index < -0.39 is 12.3 Å². The third kappa shape index (κ3) is 1.98. The third-order valence-corrected chi connectivity index (χ3v) is 2.49. The molecule has 2 rings (SSSR count). The maximum atomic E-state index is 12.9. The molecule has 1 aromatic rings. The van der Waals surface area contributed by atoms with Crippen LogP contribution < -0.4 is 0 Å². The number of likely N-dealkylation sites (tertiary alicyclic amines) is 1. The molecule has 1 fully saturated rings. The van der Waals surface area contributed by atoms with Crippen molar-refractivity contribution >= 4 is 5.91 Å². The van der Waals surface area contributed by atoms with Gasteiger partial charge in [-0.15, -0.1) is 0 Å². The molecule has 0 unspecified atom stereocenters. The number of halogens is 2. The lowest BCUT2D eigenvalue weighted by atomic mass is 10.2. The van der Waals surface area contributed by atoms with Gasteiger partial charge in [-0.3, -0.25) is 4.79 Å². The van der Waals surface area contributed by atoms with Crippen LogP contribution in [0.5, 0.6) is 0 Å². The van der Waals surface area contributed by atoms with Crippen LogP contribution in [-0.4, -0.2) is 36.2 Å². The molecule has 1 saturated heterocycles. The summed E-state index contributed by atoms with van der Waals surface area (Å²) in [5.74, 6) is -0.307. The summed E-state index contributed by atoms with van der Waals surface area (Å²) >= 11 is 0. The molecule has 15 heavy (non-hydrogen) atoms. The minimum atomic E-state index is -1.54. The van der Waals surface area contributed by atoms with E-state index in [2.05, 4.69) is 0 Å². The Morgan fingerprint density at radius 2 is 1.67 bits per heavy atom. The standard InChI is InChI=1S/C11H11F2NO/c12-9-6-14(7-10(9)13)11(15)8-4-2-1-3-5-8/h1-5,9-10H,6-7H2/t9-,10-/m1/s1. The van der Waals surface area contributed by atoms with Gasteiger partial charge in [-0.2, -0.15) is 0 Å². The lowest BCUT2D eigenvalue weighted by molar-refractivity contribution is 0.0779. The van der Waals surface area contributed by atoms with Crippen molar-refractivity contribution in [2.24, 2.45) is 0 Å². The summed E-state index contributed by atoms with van der Waals surface area (Å²) in [6.45, 7) is -0.288.